The molecule has 172 valence electrons. The fourth-order valence-corrected chi connectivity index (χ4v) is 4.10. The standard InChI is InChI=1S/C19H19NO3.C9H7NO/c1-13-4-2-3-5-18(13)14-6-8-15(9-7-14)19(23)20-11-17(22)10-16(20)12-21;11-8-5-1-3-7-4-2-6-10-9(7)8/h2-9,16,21H,10-12H2,1H3;1-6,11H/t16-;/m0./s1. The summed E-state index contributed by atoms with van der Waals surface area (Å²) in [6, 6.07) is 24.2. The molecule has 0 spiro atoms. The molecule has 1 atom stereocenters. The molecule has 1 aliphatic rings. The lowest BCUT2D eigenvalue weighted by Crippen LogP contribution is -2.37. The zero-order chi connectivity index (χ0) is 24.1. The second-order valence-corrected chi connectivity index (χ2v) is 8.26. The molecule has 0 aliphatic carbocycles. The number of phenols is 1. The van der Waals surface area contributed by atoms with E-state index in [1.165, 1.54) is 10.5 Å². The average Bonchev–Trinajstić information content (AvgIpc) is 3.25. The van der Waals surface area contributed by atoms with Gasteiger partial charge in [0.15, 0.2) is 5.78 Å². The zero-order valence-electron chi connectivity index (χ0n) is 18.9. The maximum atomic E-state index is 12.5. The van der Waals surface area contributed by atoms with Crippen LogP contribution in [-0.2, 0) is 4.79 Å². The number of aliphatic hydroxyl groups excluding tert-OH is 1. The van der Waals surface area contributed by atoms with Crippen LogP contribution in [0.5, 0.6) is 5.75 Å². The highest BCUT2D eigenvalue weighted by atomic mass is 16.3. The van der Waals surface area contributed by atoms with Crippen LogP contribution in [0.25, 0.3) is 22.0 Å². The minimum absolute atomic E-state index is 0.00562. The van der Waals surface area contributed by atoms with E-state index in [9.17, 15) is 19.8 Å². The Kier molecular flexibility index (Phi) is 6.99. The molecule has 6 heteroatoms. The van der Waals surface area contributed by atoms with Gasteiger partial charge in [-0.1, -0.05) is 54.6 Å². The Morgan fingerprint density at radius 1 is 1.00 bits per heavy atom. The summed E-state index contributed by atoms with van der Waals surface area (Å²) < 4.78 is 0. The molecule has 0 saturated carbocycles. The van der Waals surface area contributed by atoms with E-state index in [1.807, 2.05) is 48.5 Å². The van der Waals surface area contributed by atoms with Crippen molar-refractivity contribution in [2.45, 2.75) is 19.4 Å². The van der Waals surface area contributed by atoms with Crippen molar-refractivity contribution < 1.29 is 19.8 Å². The van der Waals surface area contributed by atoms with Crippen molar-refractivity contribution in [3.8, 4) is 16.9 Å². The second-order valence-electron chi connectivity index (χ2n) is 8.26. The zero-order valence-corrected chi connectivity index (χ0v) is 18.9. The first-order valence-electron chi connectivity index (χ1n) is 11.1. The molecule has 2 N–H and O–H groups in total. The summed E-state index contributed by atoms with van der Waals surface area (Å²) in [5.41, 5.74) is 4.56. The third kappa shape index (κ3) is 4.97. The van der Waals surface area contributed by atoms with Gasteiger partial charge in [-0.05, 0) is 47.9 Å². The Balaban J connectivity index is 0.000000207. The van der Waals surface area contributed by atoms with Gasteiger partial charge < -0.3 is 15.1 Å². The maximum absolute atomic E-state index is 12.5. The number of carbonyl (C=O) groups is 2. The van der Waals surface area contributed by atoms with Gasteiger partial charge in [0.25, 0.3) is 5.91 Å². The summed E-state index contributed by atoms with van der Waals surface area (Å²) >= 11 is 0. The highest BCUT2D eigenvalue weighted by Crippen LogP contribution is 2.25. The third-order valence-electron chi connectivity index (χ3n) is 5.92. The van der Waals surface area contributed by atoms with Crippen LogP contribution in [0.2, 0.25) is 0 Å². The first kappa shape index (κ1) is 23.1. The molecule has 1 amide bonds. The summed E-state index contributed by atoms with van der Waals surface area (Å²) in [7, 11) is 0. The van der Waals surface area contributed by atoms with Crippen molar-refractivity contribution in [2.24, 2.45) is 0 Å². The van der Waals surface area contributed by atoms with Gasteiger partial charge in [0, 0.05) is 23.6 Å². The number of carbonyl (C=O) groups excluding carboxylic acids is 2. The number of hydrogen-bond donors (Lipinski definition) is 2. The molecule has 1 aromatic heterocycles. The number of amides is 1. The Labute approximate surface area is 198 Å². The number of fused-ring (bicyclic) bond motifs is 1. The number of aromatic nitrogens is 1. The summed E-state index contributed by atoms with van der Waals surface area (Å²) in [6.45, 7) is 1.96. The van der Waals surface area contributed by atoms with Crippen LogP contribution < -0.4 is 0 Å². The molecule has 1 fully saturated rings. The van der Waals surface area contributed by atoms with Gasteiger partial charge in [0.2, 0.25) is 0 Å². The molecule has 1 saturated heterocycles. The largest absolute Gasteiger partial charge is 0.506 e. The summed E-state index contributed by atoms with van der Waals surface area (Å²) in [6.07, 6.45) is 1.91. The highest BCUT2D eigenvalue weighted by Gasteiger charge is 2.33. The number of likely N-dealkylation sites (tertiary alicyclic amines) is 1. The smallest absolute Gasteiger partial charge is 0.254 e. The molecule has 3 aromatic carbocycles. The van der Waals surface area contributed by atoms with Gasteiger partial charge in [-0.15, -0.1) is 0 Å². The van der Waals surface area contributed by atoms with E-state index in [0.717, 1.165) is 16.5 Å². The van der Waals surface area contributed by atoms with Crippen molar-refractivity contribution in [3.63, 3.8) is 0 Å². The lowest BCUT2D eigenvalue weighted by atomic mass is 9.99. The molecule has 34 heavy (non-hydrogen) atoms. The van der Waals surface area contributed by atoms with Gasteiger partial charge >= 0.3 is 0 Å². The lowest BCUT2D eigenvalue weighted by Gasteiger charge is -2.22. The Bertz CT molecular complexity index is 1310. The quantitative estimate of drug-likeness (QED) is 0.480. The number of nitrogens with zero attached hydrogens (tertiary/aromatic N) is 2. The number of pyridine rings is 1. The topological polar surface area (TPSA) is 90.7 Å². The number of benzene rings is 3. The first-order chi connectivity index (χ1) is 16.5. The van der Waals surface area contributed by atoms with Gasteiger partial charge in [-0.2, -0.15) is 0 Å². The van der Waals surface area contributed by atoms with Crippen LogP contribution in [0.15, 0.2) is 85.1 Å². The fourth-order valence-electron chi connectivity index (χ4n) is 4.10. The third-order valence-corrected chi connectivity index (χ3v) is 5.92. The summed E-state index contributed by atoms with van der Waals surface area (Å²) in [5, 5.41) is 19.6. The van der Waals surface area contributed by atoms with Crippen molar-refractivity contribution in [1.82, 2.24) is 9.88 Å². The van der Waals surface area contributed by atoms with Gasteiger partial charge in [-0.3, -0.25) is 14.6 Å². The van der Waals surface area contributed by atoms with Gasteiger partial charge in [-0.25, -0.2) is 0 Å². The van der Waals surface area contributed by atoms with Crippen LogP contribution in [0.1, 0.15) is 22.3 Å². The van der Waals surface area contributed by atoms with E-state index in [0.29, 0.717) is 11.1 Å². The number of phenolic OH excluding ortho intramolecular Hbond substituents is 1. The van der Waals surface area contributed by atoms with E-state index in [-0.39, 0.29) is 37.0 Å². The van der Waals surface area contributed by atoms with E-state index < -0.39 is 6.04 Å². The number of Topliss-reactive ketones (excluding diaryl/α,β-unsaturated/α-hetero) is 1. The normalized spacial score (nSPS) is 15.2. The molecule has 0 unspecified atom stereocenters. The molecule has 2 heterocycles. The number of aryl methyl sites for hydroxylation is 1. The molecular weight excluding hydrogens is 428 g/mol. The number of aliphatic hydroxyl groups is 1. The second kappa shape index (κ2) is 10.3. The number of para-hydroxylation sites is 1. The molecular formula is C28H26N2O4. The molecule has 4 aromatic rings. The Hall–Kier alpha value is -4.03. The van der Waals surface area contributed by atoms with Crippen LogP contribution in [0.4, 0.5) is 0 Å². The average molecular weight is 455 g/mol. The molecule has 0 radical (unpaired) electrons. The predicted molar refractivity (Wildman–Crippen MR) is 132 cm³/mol. The number of hydrogen-bond acceptors (Lipinski definition) is 5. The van der Waals surface area contributed by atoms with E-state index in [4.69, 9.17) is 0 Å². The minimum atomic E-state index is -0.397. The summed E-state index contributed by atoms with van der Waals surface area (Å²) in [4.78, 5) is 29.6. The van der Waals surface area contributed by atoms with Crippen molar-refractivity contribution in [3.05, 3.63) is 96.2 Å². The first-order valence-corrected chi connectivity index (χ1v) is 11.1. The highest BCUT2D eigenvalue weighted by molar-refractivity contribution is 5.99. The number of aromatic hydroxyl groups is 1. The van der Waals surface area contributed by atoms with Crippen LogP contribution in [0, 0.1) is 6.92 Å². The van der Waals surface area contributed by atoms with Gasteiger partial charge in [0.05, 0.1) is 19.2 Å². The van der Waals surface area contributed by atoms with E-state index in [1.54, 1.807) is 30.5 Å². The van der Waals surface area contributed by atoms with Gasteiger partial charge in [0.1, 0.15) is 11.3 Å². The summed E-state index contributed by atoms with van der Waals surface area (Å²) in [5.74, 6) is 0.0308. The molecule has 6 nitrogen and oxygen atoms in total. The lowest BCUT2D eigenvalue weighted by molar-refractivity contribution is -0.116. The SMILES string of the molecule is Cc1ccccc1-c1ccc(C(=O)N2CC(=O)C[C@H]2CO)cc1.Oc1cccc2cccnc12. The Morgan fingerprint density at radius 3 is 2.44 bits per heavy atom. The van der Waals surface area contributed by atoms with Crippen LogP contribution in [0.3, 0.4) is 0 Å². The molecule has 0 bridgehead atoms. The minimum Gasteiger partial charge on any atom is -0.506 e. The van der Waals surface area contributed by atoms with Crippen molar-refractivity contribution >= 4 is 22.6 Å². The van der Waals surface area contributed by atoms with E-state index >= 15 is 0 Å². The van der Waals surface area contributed by atoms with E-state index in [2.05, 4.69) is 18.0 Å². The molecule has 5 rings (SSSR count). The van der Waals surface area contributed by atoms with Crippen molar-refractivity contribution in [2.75, 3.05) is 13.2 Å². The van der Waals surface area contributed by atoms with Crippen LogP contribution in [-0.4, -0.2) is 51.0 Å². The van der Waals surface area contributed by atoms with Crippen molar-refractivity contribution in [1.29, 1.82) is 0 Å². The fraction of sp³-hybridized carbons (Fsp3) is 0.179. The van der Waals surface area contributed by atoms with Crippen LogP contribution >= 0.6 is 0 Å². The number of rotatable bonds is 3. The maximum Gasteiger partial charge on any atom is 0.254 e. The predicted octanol–water partition coefficient (Wildman–Crippen LogP) is 4.38. The molecule has 1 aliphatic heterocycles. The number of ketones is 1. The Morgan fingerprint density at radius 2 is 1.74 bits per heavy atom. The monoisotopic (exact) mass is 454 g/mol.